The molecule has 0 fully saturated rings. The summed E-state index contributed by atoms with van der Waals surface area (Å²) in [6, 6.07) is 11.5. The highest BCUT2D eigenvalue weighted by atomic mass is 35.5. The summed E-state index contributed by atoms with van der Waals surface area (Å²) in [5.41, 5.74) is 8.35. The van der Waals surface area contributed by atoms with Crippen LogP contribution >= 0.6 is 23.4 Å². The Bertz CT molecular complexity index is 691. The van der Waals surface area contributed by atoms with Crippen molar-refractivity contribution in [2.75, 3.05) is 5.73 Å². The van der Waals surface area contributed by atoms with E-state index in [1.54, 1.807) is 17.8 Å². The van der Waals surface area contributed by atoms with Gasteiger partial charge in [0.25, 0.3) is 0 Å². The lowest BCUT2D eigenvalue weighted by Gasteiger charge is -2.03. The Kier molecular flexibility index (Phi) is 3.36. The lowest BCUT2D eigenvalue weighted by atomic mass is 10.3. The fraction of sp³-hybridized carbons (Fsp3) is 0.0714. The highest BCUT2D eigenvalue weighted by molar-refractivity contribution is 7.98. The summed E-state index contributed by atoms with van der Waals surface area (Å²) >= 11 is 7.81. The summed E-state index contributed by atoms with van der Waals surface area (Å²) in [5.74, 6) is 0.783. The molecule has 3 rings (SSSR count). The molecule has 5 heteroatoms. The quantitative estimate of drug-likeness (QED) is 0.588. The molecular formula is C14H12ClN3S. The summed E-state index contributed by atoms with van der Waals surface area (Å²) in [6.45, 7) is 0. The number of thioether (sulfide) groups is 1. The number of fused-ring (bicyclic) bond motifs is 1. The standard InChI is InChI=1S/C14H12ClN3S/c15-12-7-10(16)4-5-13(12)19-9-11-8-18-6-2-1-3-14(18)17-11/h1-8H,9,16H2. The Hall–Kier alpha value is -1.65. The third-order valence-electron chi connectivity index (χ3n) is 2.75. The predicted molar refractivity (Wildman–Crippen MR) is 80.6 cm³/mol. The molecule has 0 aliphatic rings. The van der Waals surface area contributed by atoms with E-state index in [-0.39, 0.29) is 0 Å². The Morgan fingerprint density at radius 1 is 1.26 bits per heavy atom. The maximum absolute atomic E-state index is 6.15. The van der Waals surface area contributed by atoms with E-state index in [0.717, 1.165) is 22.0 Å². The molecule has 0 atom stereocenters. The Morgan fingerprint density at radius 3 is 2.95 bits per heavy atom. The number of rotatable bonds is 3. The van der Waals surface area contributed by atoms with Crippen LogP contribution in [0.15, 0.2) is 53.7 Å². The number of benzene rings is 1. The van der Waals surface area contributed by atoms with Crippen molar-refractivity contribution in [1.82, 2.24) is 9.38 Å². The monoisotopic (exact) mass is 289 g/mol. The molecule has 0 radical (unpaired) electrons. The number of nitrogens with two attached hydrogens (primary N) is 1. The lowest BCUT2D eigenvalue weighted by molar-refractivity contribution is 1.18. The zero-order valence-corrected chi connectivity index (χ0v) is 11.7. The molecule has 19 heavy (non-hydrogen) atoms. The van der Waals surface area contributed by atoms with Gasteiger partial charge in [0.15, 0.2) is 0 Å². The summed E-state index contributed by atoms with van der Waals surface area (Å²) in [4.78, 5) is 5.57. The van der Waals surface area contributed by atoms with Gasteiger partial charge in [-0.15, -0.1) is 11.8 Å². The van der Waals surface area contributed by atoms with Crippen molar-refractivity contribution in [2.24, 2.45) is 0 Å². The second-order valence-electron chi connectivity index (χ2n) is 4.18. The summed E-state index contributed by atoms with van der Waals surface area (Å²) in [6.07, 6.45) is 4.03. The summed E-state index contributed by atoms with van der Waals surface area (Å²) in [7, 11) is 0. The Labute approximate surface area is 120 Å². The molecule has 0 saturated heterocycles. The molecule has 0 unspecified atom stereocenters. The van der Waals surface area contributed by atoms with E-state index in [9.17, 15) is 0 Å². The Balaban J connectivity index is 1.78. The van der Waals surface area contributed by atoms with Gasteiger partial charge in [-0.3, -0.25) is 0 Å². The van der Waals surface area contributed by atoms with Gasteiger partial charge in [0.05, 0.1) is 10.7 Å². The minimum Gasteiger partial charge on any atom is -0.399 e. The van der Waals surface area contributed by atoms with Crippen LogP contribution in [0.3, 0.4) is 0 Å². The van der Waals surface area contributed by atoms with Gasteiger partial charge >= 0.3 is 0 Å². The van der Waals surface area contributed by atoms with Crippen molar-refractivity contribution in [2.45, 2.75) is 10.6 Å². The van der Waals surface area contributed by atoms with Crippen molar-refractivity contribution in [3.05, 3.63) is 59.5 Å². The first-order valence-electron chi connectivity index (χ1n) is 5.83. The molecule has 2 aromatic heterocycles. The van der Waals surface area contributed by atoms with Crippen LogP contribution in [-0.4, -0.2) is 9.38 Å². The van der Waals surface area contributed by atoms with E-state index in [0.29, 0.717) is 10.7 Å². The molecule has 2 heterocycles. The molecule has 0 amide bonds. The van der Waals surface area contributed by atoms with Gasteiger partial charge < -0.3 is 10.1 Å². The maximum Gasteiger partial charge on any atom is 0.137 e. The van der Waals surface area contributed by atoms with Crippen LogP contribution < -0.4 is 5.73 Å². The Morgan fingerprint density at radius 2 is 2.16 bits per heavy atom. The van der Waals surface area contributed by atoms with Crippen molar-refractivity contribution in [3.63, 3.8) is 0 Å². The molecule has 0 aliphatic heterocycles. The van der Waals surface area contributed by atoms with Gasteiger partial charge in [-0.1, -0.05) is 17.7 Å². The number of hydrogen-bond acceptors (Lipinski definition) is 3. The number of aromatic nitrogens is 2. The first kappa shape index (κ1) is 12.4. The van der Waals surface area contributed by atoms with Crippen molar-refractivity contribution < 1.29 is 0 Å². The highest BCUT2D eigenvalue weighted by Gasteiger charge is 2.05. The topological polar surface area (TPSA) is 43.3 Å². The molecule has 0 saturated carbocycles. The first-order chi connectivity index (χ1) is 9.22. The molecule has 2 N–H and O–H groups in total. The number of pyridine rings is 1. The molecule has 0 bridgehead atoms. The van der Waals surface area contributed by atoms with E-state index in [1.807, 2.05) is 47.1 Å². The van der Waals surface area contributed by atoms with E-state index in [2.05, 4.69) is 4.98 Å². The van der Waals surface area contributed by atoms with Gasteiger partial charge in [0.2, 0.25) is 0 Å². The van der Waals surface area contributed by atoms with E-state index in [1.165, 1.54) is 0 Å². The summed E-state index contributed by atoms with van der Waals surface area (Å²) in [5, 5.41) is 0.689. The zero-order valence-electron chi connectivity index (χ0n) is 10.1. The van der Waals surface area contributed by atoms with E-state index >= 15 is 0 Å². The van der Waals surface area contributed by atoms with Gasteiger partial charge in [0, 0.05) is 28.7 Å². The molecule has 0 spiro atoms. The molecule has 0 aliphatic carbocycles. The van der Waals surface area contributed by atoms with Crippen LogP contribution in [0, 0.1) is 0 Å². The van der Waals surface area contributed by atoms with Crippen LogP contribution in [0.2, 0.25) is 5.02 Å². The lowest BCUT2D eigenvalue weighted by Crippen LogP contribution is -1.85. The van der Waals surface area contributed by atoms with Crippen LogP contribution in [0.4, 0.5) is 5.69 Å². The number of nitrogens with zero attached hydrogens (tertiary/aromatic N) is 2. The van der Waals surface area contributed by atoms with Crippen molar-refractivity contribution in [1.29, 1.82) is 0 Å². The highest BCUT2D eigenvalue weighted by Crippen LogP contribution is 2.30. The van der Waals surface area contributed by atoms with Gasteiger partial charge in [0.1, 0.15) is 5.65 Å². The van der Waals surface area contributed by atoms with Crippen molar-refractivity contribution in [3.8, 4) is 0 Å². The average Bonchev–Trinajstić information content (AvgIpc) is 2.80. The fourth-order valence-electron chi connectivity index (χ4n) is 1.84. The molecule has 3 aromatic rings. The normalized spacial score (nSPS) is 11.0. The third kappa shape index (κ3) is 2.69. The second-order valence-corrected chi connectivity index (χ2v) is 5.60. The van der Waals surface area contributed by atoms with Gasteiger partial charge in [-0.05, 0) is 30.3 Å². The molecule has 1 aromatic carbocycles. The largest absolute Gasteiger partial charge is 0.399 e. The predicted octanol–water partition coefficient (Wildman–Crippen LogP) is 3.86. The van der Waals surface area contributed by atoms with Crippen LogP contribution in [-0.2, 0) is 5.75 Å². The van der Waals surface area contributed by atoms with Crippen LogP contribution in [0.1, 0.15) is 5.69 Å². The number of halogens is 1. The number of hydrogen-bond donors (Lipinski definition) is 1. The summed E-state index contributed by atoms with van der Waals surface area (Å²) < 4.78 is 2.01. The molecule has 96 valence electrons. The average molecular weight is 290 g/mol. The number of imidazole rings is 1. The van der Waals surface area contributed by atoms with E-state index < -0.39 is 0 Å². The fourth-order valence-corrected chi connectivity index (χ4v) is 3.00. The zero-order chi connectivity index (χ0) is 13.2. The second kappa shape index (κ2) is 5.15. The number of nitrogen functional groups attached to an aromatic ring is 1. The maximum atomic E-state index is 6.15. The minimum atomic E-state index is 0.682. The minimum absolute atomic E-state index is 0.682. The van der Waals surface area contributed by atoms with Crippen LogP contribution in [0.25, 0.3) is 5.65 Å². The third-order valence-corrected chi connectivity index (χ3v) is 4.28. The number of anilines is 1. The smallest absolute Gasteiger partial charge is 0.137 e. The molecular weight excluding hydrogens is 278 g/mol. The van der Waals surface area contributed by atoms with Gasteiger partial charge in [-0.2, -0.15) is 0 Å². The first-order valence-corrected chi connectivity index (χ1v) is 7.19. The van der Waals surface area contributed by atoms with Crippen molar-refractivity contribution >= 4 is 34.7 Å². The van der Waals surface area contributed by atoms with Crippen LogP contribution in [0.5, 0.6) is 0 Å². The SMILES string of the molecule is Nc1ccc(SCc2cn3ccccc3n2)c(Cl)c1. The molecule has 3 nitrogen and oxygen atoms in total. The van der Waals surface area contributed by atoms with E-state index in [4.69, 9.17) is 17.3 Å². The van der Waals surface area contributed by atoms with Gasteiger partial charge in [-0.25, -0.2) is 4.98 Å².